The Morgan fingerprint density at radius 1 is 1.16 bits per heavy atom. The molecule has 3 N–H and O–H groups in total. The zero-order valence-electron chi connectivity index (χ0n) is 10.4. The van der Waals surface area contributed by atoms with E-state index in [-0.39, 0.29) is 5.95 Å². The van der Waals surface area contributed by atoms with E-state index >= 15 is 0 Å². The second-order valence-corrected chi connectivity index (χ2v) is 4.24. The highest BCUT2D eigenvalue weighted by atomic mass is 15.4. The summed E-state index contributed by atoms with van der Waals surface area (Å²) in [4.78, 5) is 10.2. The topological polar surface area (TPSA) is 96.6 Å². The lowest BCUT2D eigenvalue weighted by Crippen LogP contribution is -2.19. The zero-order valence-corrected chi connectivity index (χ0v) is 10.4. The van der Waals surface area contributed by atoms with E-state index in [1.54, 1.807) is 0 Å². The summed E-state index contributed by atoms with van der Waals surface area (Å²) in [5, 5.41) is 10.5. The third-order valence-corrected chi connectivity index (χ3v) is 2.81. The number of nitrogens with one attached hydrogen (secondary N) is 1. The van der Waals surface area contributed by atoms with Crippen LogP contribution in [0, 0.1) is 0 Å². The lowest BCUT2D eigenvalue weighted by Gasteiger charge is -2.18. The quantitative estimate of drug-likeness (QED) is 0.723. The van der Waals surface area contributed by atoms with Gasteiger partial charge in [0.05, 0.1) is 0 Å². The summed E-state index contributed by atoms with van der Waals surface area (Å²) < 4.78 is 0. The zero-order chi connectivity index (χ0) is 13.2. The smallest absolute Gasteiger partial charge is 0.224 e. The fourth-order valence-electron chi connectivity index (χ4n) is 1.95. The molecule has 3 aromatic rings. The highest BCUT2D eigenvalue weighted by Crippen LogP contribution is 2.21. The lowest BCUT2D eigenvalue weighted by molar-refractivity contribution is 0.898. The van der Waals surface area contributed by atoms with E-state index in [1.165, 1.54) is 5.56 Å². The van der Waals surface area contributed by atoms with Crippen LogP contribution in [-0.2, 0) is 6.54 Å². The summed E-state index contributed by atoms with van der Waals surface area (Å²) in [5.41, 5.74) is 7.96. The van der Waals surface area contributed by atoms with Gasteiger partial charge in [0.1, 0.15) is 0 Å². The van der Waals surface area contributed by atoms with Crippen LogP contribution in [0.25, 0.3) is 11.2 Å². The molecule has 0 aliphatic heterocycles. The monoisotopic (exact) mass is 255 g/mol. The van der Waals surface area contributed by atoms with Crippen LogP contribution in [0.1, 0.15) is 5.56 Å². The number of H-pyrrole nitrogens is 1. The molecule has 0 atom stereocenters. The van der Waals surface area contributed by atoms with E-state index in [1.807, 2.05) is 30.1 Å². The first-order chi connectivity index (χ1) is 9.24. The van der Waals surface area contributed by atoms with Crippen molar-refractivity contribution < 1.29 is 0 Å². The number of nitrogens with zero attached hydrogens (tertiary/aromatic N) is 5. The van der Waals surface area contributed by atoms with Gasteiger partial charge in [0.2, 0.25) is 11.6 Å². The molecule has 96 valence electrons. The highest BCUT2D eigenvalue weighted by Gasteiger charge is 2.14. The van der Waals surface area contributed by atoms with Crippen LogP contribution in [0.4, 0.5) is 11.8 Å². The Hall–Kier alpha value is -2.70. The first-order valence-electron chi connectivity index (χ1n) is 5.83. The van der Waals surface area contributed by atoms with Crippen molar-refractivity contribution in [3.63, 3.8) is 0 Å². The van der Waals surface area contributed by atoms with Crippen LogP contribution in [0.3, 0.4) is 0 Å². The summed E-state index contributed by atoms with van der Waals surface area (Å²) in [6.45, 7) is 0.708. The van der Waals surface area contributed by atoms with E-state index in [9.17, 15) is 0 Å². The number of aromatic nitrogens is 5. The minimum atomic E-state index is 0.191. The van der Waals surface area contributed by atoms with Gasteiger partial charge < -0.3 is 10.6 Å². The molecule has 0 fully saturated rings. The second-order valence-electron chi connectivity index (χ2n) is 4.24. The summed E-state index contributed by atoms with van der Waals surface area (Å²) >= 11 is 0. The molecule has 0 bridgehead atoms. The number of benzene rings is 1. The standard InChI is InChI=1S/C12H13N7/c1-19(7-8-5-3-2-4-6-8)11-9-10(17-18-16-9)14-12(13)15-11/h2-6H,7H2,1H3,(H3,13,14,15,16,17,18). The van der Waals surface area contributed by atoms with Gasteiger partial charge in [-0.05, 0) is 5.56 Å². The molecular weight excluding hydrogens is 242 g/mol. The third-order valence-electron chi connectivity index (χ3n) is 2.81. The van der Waals surface area contributed by atoms with Crippen LogP contribution < -0.4 is 10.6 Å². The molecule has 0 saturated carbocycles. The highest BCUT2D eigenvalue weighted by molar-refractivity contribution is 5.83. The van der Waals surface area contributed by atoms with E-state index in [2.05, 4.69) is 37.5 Å². The molecule has 0 aliphatic carbocycles. The number of aromatic amines is 1. The van der Waals surface area contributed by atoms with Gasteiger partial charge in [-0.3, -0.25) is 0 Å². The molecule has 2 aromatic heterocycles. The second kappa shape index (κ2) is 4.52. The van der Waals surface area contributed by atoms with Gasteiger partial charge in [0.25, 0.3) is 0 Å². The molecule has 19 heavy (non-hydrogen) atoms. The third kappa shape index (κ3) is 2.17. The van der Waals surface area contributed by atoms with E-state index in [0.29, 0.717) is 23.5 Å². The maximum atomic E-state index is 5.68. The average Bonchev–Trinajstić information content (AvgIpc) is 2.86. The Kier molecular flexibility index (Phi) is 2.71. The van der Waals surface area contributed by atoms with Gasteiger partial charge in [-0.2, -0.15) is 20.3 Å². The van der Waals surface area contributed by atoms with E-state index < -0.39 is 0 Å². The van der Waals surface area contributed by atoms with Crippen molar-refractivity contribution in [1.29, 1.82) is 0 Å². The van der Waals surface area contributed by atoms with Crippen molar-refractivity contribution in [2.75, 3.05) is 17.7 Å². The summed E-state index contributed by atoms with van der Waals surface area (Å²) in [6.07, 6.45) is 0. The SMILES string of the molecule is CN(Cc1ccccc1)c1nc(N)nc2n[nH]nc12. The maximum Gasteiger partial charge on any atom is 0.224 e. The molecule has 7 nitrogen and oxygen atoms in total. The normalized spacial score (nSPS) is 10.8. The molecule has 0 radical (unpaired) electrons. The Morgan fingerprint density at radius 2 is 1.95 bits per heavy atom. The number of hydrogen-bond donors (Lipinski definition) is 2. The molecule has 0 spiro atoms. The molecule has 7 heteroatoms. The maximum absolute atomic E-state index is 5.68. The largest absolute Gasteiger partial charge is 0.368 e. The number of fused-ring (bicyclic) bond motifs is 1. The molecule has 0 amide bonds. The van der Waals surface area contributed by atoms with Gasteiger partial charge in [0, 0.05) is 13.6 Å². The number of nitrogens with two attached hydrogens (primary N) is 1. The van der Waals surface area contributed by atoms with Gasteiger partial charge in [0.15, 0.2) is 11.3 Å². The van der Waals surface area contributed by atoms with Crippen molar-refractivity contribution in [2.24, 2.45) is 0 Å². The van der Waals surface area contributed by atoms with E-state index in [0.717, 1.165) is 0 Å². The predicted octanol–water partition coefficient (Wildman–Crippen LogP) is 0.966. The Labute approximate surface area is 109 Å². The van der Waals surface area contributed by atoms with Crippen LogP contribution in [-0.4, -0.2) is 32.4 Å². The fraction of sp³-hybridized carbons (Fsp3) is 0.167. The number of hydrogen-bond acceptors (Lipinski definition) is 6. The minimum absolute atomic E-state index is 0.191. The summed E-state index contributed by atoms with van der Waals surface area (Å²) in [6, 6.07) is 10.1. The van der Waals surface area contributed by atoms with Crippen molar-refractivity contribution in [1.82, 2.24) is 25.4 Å². The van der Waals surface area contributed by atoms with Gasteiger partial charge in [-0.25, -0.2) is 0 Å². The molecule has 0 unspecified atom stereocenters. The van der Waals surface area contributed by atoms with E-state index in [4.69, 9.17) is 5.73 Å². The summed E-state index contributed by atoms with van der Waals surface area (Å²) in [5.74, 6) is 0.858. The number of anilines is 2. The molecule has 0 aliphatic rings. The van der Waals surface area contributed by atoms with Crippen molar-refractivity contribution in [3.8, 4) is 0 Å². The Bertz CT molecular complexity index is 692. The van der Waals surface area contributed by atoms with Crippen LogP contribution in [0.2, 0.25) is 0 Å². The predicted molar refractivity (Wildman–Crippen MR) is 72.4 cm³/mol. The van der Waals surface area contributed by atoms with Gasteiger partial charge in [-0.15, -0.1) is 5.10 Å². The Morgan fingerprint density at radius 3 is 2.74 bits per heavy atom. The van der Waals surface area contributed by atoms with Crippen molar-refractivity contribution >= 4 is 22.9 Å². The van der Waals surface area contributed by atoms with Crippen molar-refractivity contribution in [3.05, 3.63) is 35.9 Å². The number of rotatable bonds is 3. The minimum Gasteiger partial charge on any atom is -0.368 e. The molecule has 3 rings (SSSR count). The number of nitrogen functional groups attached to an aromatic ring is 1. The van der Waals surface area contributed by atoms with Gasteiger partial charge >= 0.3 is 0 Å². The Balaban J connectivity index is 1.97. The van der Waals surface area contributed by atoms with Crippen LogP contribution >= 0.6 is 0 Å². The van der Waals surface area contributed by atoms with Crippen molar-refractivity contribution in [2.45, 2.75) is 6.54 Å². The summed E-state index contributed by atoms with van der Waals surface area (Å²) in [7, 11) is 1.93. The fourth-order valence-corrected chi connectivity index (χ4v) is 1.95. The molecule has 1 aromatic carbocycles. The lowest BCUT2D eigenvalue weighted by atomic mass is 10.2. The van der Waals surface area contributed by atoms with Crippen LogP contribution in [0.5, 0.6) is 0 Å². The average molecular weight is 255 g/mol. The molecule has 0 saturated heterocycles. The van der Waals surface area contributed by atoms with Gasteiger partial charge in [-0.1, -0.05) is 30.3 Å². The van der Waals surface area contributed by atoms with Crippen LogP contribution in [0.15, 0.2) is 30.3 Å². The first-order valence-corrected chi connectivity index (χ1v) is 5.83. The molecular formula is C12H13N7. The molecule has 2 heterocycles. The first kappa shape index (κ1) is 11.4.